The Hall–Kier alpha value is -2.48. The number of anilines is 1. The second-order valence-electron chi connectivity index (χ2n) is 4.10. The van der Waals surface area contributed by atoms with Gasteiger partial charge >= 0.3 is 0 Å². The van der Waals surface area contributed by atoms with Crippen LogP contribution < -0.4 is 5.32 Å². The molecule has 0 atom stereocenters. The third-order valence-electron chi connectivity index (χ3n) is 2.56. The van der Waals surface area contributed by atoms with E-state index >= 15 is 0 Å². The zero-order chi connectivity index (χ0) is 14.7. The molecular weight excluding hydrogens is 293 g/mol. The van der Waals surface area contributed by atoms with Crippen molar-refractivity contribution in [3.8, 4) is 0 Å². The maximum Gasteiger partial charge on any atom is 0.253 e. The van der Waals surface area contributed by atoms with Crippen LogP contribution in [-0.2, 0) is 4.79 Å². The van der Waals surface area contributed by atoms with E-state index in [1.807, 2.05) is 0 Å². The van der Waals surface area contributed by atoms with Gasteiger partial charge in [0, 0.05) is 18.1 Å². The lowest BCUT2D eigenvalue weighted by Gasteiger charge is -2.03. The maximum atomic E-state index is 12.8. The Bertz CT molecular complexity index is 741. The fraction of sp³-hybridized carbons (Fsp3) is 0.0769. The number of carbonyl (C=O) groups is 1. The first kappa shape index (κ1) is 13.5. The molecule has 1 N–H and O–H groups in total. The second-order valence-corrected chi connectivity index (χ2v) is 5.04. The lowest BCUT2D eigenvalue weighted by atomic mass is 10.3. The van der Waals surface area contributed by atoms with E-state index in [-0.39, 0.29) is 17.5 Å². The Kier molecular flexibility index (Phi) is 3.78. The molecule has 3 rings (SSSR count). The molecule has 1 amide bonds. The molecule has 0 radical (unpaired) electrons. The first-order valence-corrected chi connectivity index (χ1v) is 7.05. The standard InChI is InChI=1S/C13H10FN5OS/c14-9-2-4-10(5-3-9)16-11(20)8-21-13-17-12-15-6-1-7-19(12)18-13/h1-7H,8H2,(H,16,20). The molecule has 0 unspecified atom stereocenters. The highest BCUT2D eigenvalue weighted by Gasteiger charge is 2.08. The van der Waals surface area contributed by atoms with Gasteiger partial charge in [-0.2, -0.15) is 4.98 Å². The van der Waals surface area contributed by atoms with E-state index in [0.717, 1.165) is 0 Å². The van der Waals surface area contributed by atoms with Crippen LogP contribution >= 0.6 is 11.8 Å². The molecule has 0 spiro atoms. The van der Waals surface area contributed by atoms with Gasteiger partial charge in [0.2, 0.25) is 11.1 Å². The summed E-state index contributed by atoms with van der Waals surface area (Å²) in [6.45, 7) is 0. The molecule has 0 bridgehead atoms. The van der Waals surface area contributed by atoms with Crippen LogP contribution in [0.1, 0.15) is 0 Å². The number of aromatic nitrogens is 4. The van der Waals surface area contributed by atoms with Crippen LogP contribution in [0.5, 0.6) is 0 Å². The summed E-state index contributed by atoms with van der Waals surface area (Å²) in [6.07, 6.45) is 3.36. The number of nitrogens with zero attached hydrogens (tertiary/aromatic N) is 4. The van der Waals surface area contributed by atoms with Gasteiger partial charge in [-0.1, -0.05) is 11.8 Å². The van der Waals surface area contributed by atoms with Gasteiger partial charge in [0.05, 0.1) is 5.75 Å². The number of thioether (sulfide) groups is 1. The highest BCUT2D eigenvalue weighted by Crippen LogP contribution is 2.14. The van der Waals surface area contributed by atoms with E-state index < -0.39 is 0 Å². The van der Waals surface area contributed by atoms with Crippen molar-refractivity contribution in [2.45, 2.75) is 5.16 Å². The van der Waals surface area contributed by atoms with Crippen LogP contribution in [0.4, 0.5) is 10.1 Å². The monoisotopic (exact) mass is 303 g/mol. The molecule has 1 aromatic carbocycles. The Morgan fingerprint density at radius 3 is 2.90 bits per heavy atom. The summed E-state index contributed by atoms with van der Waals surface area (Å²) in [5.74, 6) is 0.0926. The number of carbonyl (C=O) groups excluding carboxylic acids is 1. The SMILES string of the molecule is O=C(CSc1nc2ncccn2n1)Nc1ccc(F)cc1. The molecule has 2 aromatic heterocycles. The molecule has 2 heterocycles. The van der Waals surface area contributed by atoms with E-state index in [4.69, 9.17) is 0 Å². The number of fused-ring (bicyclic) bond motifs is 1. The van der Waals surface area contributed by atoms with Crippen molar-refractivity contribution >= 4 is 29.1 Å². The topological polar surface area (TPSA) is 72.2 Å². The summed E-state index contributed by atoms with van der Waals surface area (Å²) in [6, 6.07) is 7.34. The van der Waals surface area contributed by atoms with Gasteiger partial charge in [-0.3, -0.25) is 4.79 Å². The molecule has 0 fully saturated rings. The van der Waals surface area contributed by atoms with E-state index in [1.165, 1.54) is 36.0 Å². The molecule has 0 aliphatic carbocycles. The van der Waals surface area contributed by atoms with Gasteiger partial charge in [-0.25, -0.2) is 13.9 Å². The van der Waals surface area contributed by atoms with E-state index in [9.17, 15) is 9.18 Å². The highest BCUT2D eigenvalue weighted by molar-refractivity contribution is 7.99. The number of hydrogen-bond acceptors (Lipinski definition) is 5. The fourth-order valence-corrected chi connectivity index (χ4v) is 2.26. The number of halogens is 1. The molecule has 106 valence electrons. The van der Waals surface area contributed by atoms with Crippen LogP contribution in [0.15, 0.2) is 47.9 Å². The van der Waals surface area contributed by atoms with Crippen molar-refractivity contribution in [2.75, 3.05) is 11.1 Å². The van der Waals surface area contributed by atoms with Crippen LogP contribution in [-0.4, -0.2) is 31.2 Å². The largest absolute Gasteiger partial charge is 0.325 e. The minimum atomic E-state index is -0.344. The second kappa shape index (κ2) is 5.88. The molecule has 0 aliphatic heterocycles. The van der Waals surface area contributed by atoms with Crippen LogP contribution in [0, 0.1) is 5.82 Å². The minimum absolute atomic E-state index is 0.161. The molecular formula is C13H10FN5OS. The van der Waals surface area contributed by atoms with Crippen molar-refractivity contribution in [2.24, 2.45) is 0 Å². The Labute approximate surface area is 123 Å². The average Bonchev–Trinajstić information content (AvgIpc) is 2.90. The first-order valence-electron chi connectivity index (χ1n) is 6.06. The quantitative estimate of drug-likeness (QED) is 0.746. The van der Waals surface area contributed by atoms with E-state index in [2.05, 4.69) is 20.4 Å². The molecule has 8 heteroatoms. The summed E-state index contributed by atoms with van der Waals surface area (Å²) in [4.78, 5) is 20.0. The van der Waals surface area contributed by atoms with Gasteiger partial charge in [0.15, 0.2) is 0 Å². The summed E-state index contributed by atoms with van der Waals surface area (Å²) in [7, 11) is 0. The Morgan fingerprint density at radius 2 is 2.14 bits per heavy atom. The lowest BCUT2D eigenvalue weighted by Crippen LogP contribution is -2.14. The van der Waals surface area contributed by atoms with Gasteiger partial charge in [-0.05, 0) is 30.3 Å². The predicted octanol–water partition coefficient (Wildman–Crippen LogP) is 1.99. The van der Waals surface area contributed by atoms with Crippen LogP contribution in [0.2, 0.25) is 0 Å². The van der Waals surface area contributed by atoms with Crippen molar-refractivity contribution in [1.29, 1.82) is 0 Å². The number of nitrogens with one attached hydrogen (secondary N) is 1. The van der Waals surface area contributed by atoms with Gasteiger partial charge in [0.1, 0.15) is 5.82 Å². The van der Waals surface area contributed by atoms with Gasteiger partial charge < -0.3 is 5.32 Å². The van der Waals surface area contributed by atoms with E-state index in [0.29, 0.717) is 16.6 Å². The van der Waals surface area contributed by atoms with E-state index in [1.54, 1.807) is 23.0 Å². The normalized spacial score (nSPS) is 10.7. The molecule has 0 aliphatic rings. The number of benzene rings is 1. The van der Waals surface area contributed by atoms with Gasteiger partial charge in [-0.15, -0.1) is 5.10 Å². The Balaban J connectivity index is 1.59. The van der Waals surface area contributed by atoms with Crippen LogP contribution in [0.25, 0.3) is 5.78 Å². The summed E-state index contributed by atoms with van der Waals surface area (Å²) >= 11 is 1.21. The fourth-order valence-electron chi connectivity index (χ4n) is 1.64. The average molecular weight is 303 g/mol. The molecule has 6 nitrogen and oxygen atoms in total. The summed E-state index contributed by atoms with van der Waals surface area (Å²) < 4.78 is 14.3. The molecule has 21 heavy (non-hydrogen) atoms. The number of rotatable bonds is 4. The summed E-state index contributed by atoms with van der Waals surface area (Å²) in [5.41, 5.74) is 0.548. The highest BCUT2D eigenvalue weighted by atomic mass is 32.2. The third-order valence-corrected chi connectivity index (χ3v) is 3.40. The molecule has 0 saturated heterocycles. The first-order chi connectivity index (χ1) is 10.2. The number of hydrogen-bond donors (Lipinski definition) is 1. The minimum Gasteiger partial charge on any atom is -0.325 e. The summed E-state index contributed by atoms with van der Waals surface area (Å²) in [5, 5.41) is 7.32. The van der Waals surface area contributed by atoms with Crippen molar-refractivity contribution < 1.29 is 9.18 Å². The molecule has 3 aromatic rings. The van der Waals surface area contributed by atoms with Crippen molar-refractivity contribution in [3.63, 3.8) is 0 Å². The molecule has 0 saturated carbocycles. The third kappa shape index (κ3) is 3.34. The zero-order valence-electron chi connectivity index (χ0n) is 10.7. The maximum absolute atomic E-state index is 12.8. The van der Waals surface area contributed by atoms with Crippen molar-refractivity contribution in [3.05, 3.63) is 48.5 Å². The van der Waals surface area contributed by atoms with Crippen LogP contribution in [0.3, 0.4) is 0 Å². The lowest BCUT2D eigenvalue weighted by molar-refractivity contribution is -0.113. The zero-order valence-corrected chi connectivity index (χ0v) is 11.5. The van der Waals surface area contributed by atoms with Crippen molar-refractivity contribution in [1.82, 2.24) is 19.6 Å². The smallest absolute Gasteiger partial charge is 0.253 e. The number of amides is 1. The predicted molar refractivity (Wildman–Crippen MR) is 76.5 cm³/mol. The van der Waals surface area contributed by atoms with Gasteiger partial charge in [0.25, 0.3) is 5.78 Å². The Morgan fingerprint density at radius 1 is 1.33 bits per heavy atom.